The highest BCUT2D eigenvalue weighted by Crippen LogP contribution is 2.43. The van der Waals surface area contributed by atoms with Gasteiger partial charge < -0.3 is 19.4 Å². The van der Waals surface area contributed by atoms with Gasteiger partial charge in [-0.2, -0.15) is 0 Å². The van der Waals surface area contributed by atoms with Gasteiger partial charge in [-0.3, -0.25) is 18.6 Å². The van der Waals surface area contributed by atoms with Crippen molar-refractivity contribution in [2.75, 3.05) is 40.9 Å². The number of amides is 1. The first-order chi connectivity index (χ1) is 37.4. The van der Waals surface area contributed by atoms with Crippen molar-refractivity contribution in [2.24, 2.45) is 0 Å². The maximum absolute atomic E-state index is 13.6. The SMILES string of the molecule is CCCCC/C=C\C/C=C\CCCCCCCCCCCCCCCCCC(=O)NC(COP(=O)(O)OCC[N+](C)(C)C)C(/C=C\CCCCCCCCCCCC)OC(=O)CCCCC/C=C\CCCCCCCCC. The van der Waals surface area contributed by atoms with Gasteiger partial charge in [-0.05, 0) is 89.5 Å². The van der Waals surface area contributed by atoms with E-state index in [0.29, 0.717) is 17.4 Å². The minimum atomic E-state index is -4.45. The van der Waals surface area contributed by atoms with Crippen molar-refractivity contribution >= 4 is 19.7 Å². The van der Waals surface area contributed by atoms with Gasteiger partial charge in [0, 0.05) is 12.8 Å². The fraction of sp³-hybridized carbons (Fsp3) is 0.851. The van der Waals surface area contributed by atoms with Gasteiger partial charge in [-0.1, -0.05) is 262 Å². The number of hydrogen-bond acceptors (Lipinski definition) is 6. The third kappa shape index (κ3) is 58.4. The summed E-state index contributed by atoms with van der Waals surface area (Å²) in [6.07, 6.45) is 71.2. The molecule has 0 aliphatic rings. The van der Waals surface area contributed by atoms with Gasteiger partial charge >= 0.3 is 13.8 Å². The number of likely N-dealkylation sites (N-methyl/N-ethyl adjacent to an activating group) is 1. The smallest absolute Gasteiger partial charge is 0.456 e. The van der Waals surface area contributed by atoms with Crippen LogP contribution in [0.15, 0.2) is 48.6 Å². The number of hydrogen-bond donors (Lipinski definition) is 2. The third-order valence-electron chi connectivity index (χ3n) is 14.7. The molecular weight excluding hydrogens is 976 g/mol. The predicted octanol–water partition coefficient (Wildman–Crippen LogP) is 20.5. The van der Waals surface area contributed by atoms with E-state index in [-0.39, 0.29) is 31.5 Å². The number of esters is 1. The monoisotopic (exact) mass is 1100 g/mol. The Hall–Kier alpha value is -2.03. The lowest BCUT2D eigenvalue weighted by Crippen LogP contribution is -2.47. The van der Waals surface area contributed by atoms with Crippen LogP contribution in [0.1, 0.15) is 316 Å². The molecular formula is C67H128N2O7P+. The lowest BCUT2D eigenvalue weighted by molar-refractivity contribution is -0.870. The molecule has 0 rings (SSSR count). The average Bonchev–Trinajstić information content (AvgIpc) is 3.39. The van der Waals surface area contributed by atoms with Gasteiger partial charge in [0.2, 0.25) is 5.91 Å². The van der Waals surface area contributed by atoms with Crippen molar-refractivity contribution in [1.29, 1.82) is 0 Å². The molecule has 0 heterocycles. The number of carbonyl (C=O) groups excluding carboxylic acids is 2. The summed E-state index contributed by atoms with van der Waals surface area (Å²) in [5.74, 6) is -0.513. The zero-order valence-corrected chi connectivity index (χ0v) is 52.6. The first-order valence-corrected chi connectivity index (χ1v) is 34.5. The zero-order chi connectivity index (χ0) is 56.4. The highest BCUT2D eigenvalue weighted by molar-refractivity contribution is 7.47. The molecule has 0 radical (unpaired) electrons. The first-order valence-electron chi connectivity index (χ1n) is 33.0. The molecule has 77 heavy (non-hydrogen) atoms. The van der Waals surface area contributed by atoms with Crippen LogP contribution in [0.4, 0.5) is 0 Å². The Bertz CT molecular complexity index is 1460. The maximum Gasteiger partial charge on any atom is 0.472 e. The second kappa shape index (κ2) is 57.2. The van der Waals surface area contributed by atoms with E-state index in [2.05, 4.69) is 62.5 Å². The molecule has 0 aromatic heterocycles. The van der Waals surface area contributed by atoms with Crippen LogP contribution in [0.3, 0.4) is 0 Å². The average molecular weight is 1100 g/mol. The Morgan fingerprint density at radius 1 is 0.455 bits per heavy atom. The third-order valence-corrected chi connectivity index (χ3v) is 15.7. The van der Waals surface area contributed by atoms with E-state index in [0.717, 1.165) is 77.0 Å². The number of carbonyl (C=O) groups is 2. The van der Waals surface area contributed by atoms with Gasteiger partial charge in [0.15, 0.2) is 0 Å². The lowest BCUT2D eigenvalue weighted by Gasteiger charge is -2.27. The number of phosphoric ester groups is 1. The predicted molar refractivity (Wildman–Crippen MR) is 332 cm³/mol. The molecule has 0 aliphatic heterocycles. The molecule has 0 bridgehead atoms. The zero-order valence-electron chi connectivity index (χ0n) is 51.7. The van der Waals surface area contributed by atoms with E-state index < -0.39 is 20.0 Å². The largest absolute Gasteiger partial charge is 0.472 e. The number of nitrogens with zero attached hydrogens (tertiary/aromatic N) is 1. The van der Waals surface area contributed by atoms with Crippen molar-refractivity contribution in [3.8, 4) is 0 Å². The second-order valence-electron chi connectivity index (χ2n) is 23.6. The van der Waals surface area contributed by atoms with E-state index >= 15 is 0 Å². The number of phosphoric acid groups is 1. The van der Waals surface area contributed by atoms with Gasteiger partial charge in [0.05, 0.1) is 33.8 Å². The Balaban J connectivity index is 5.07. The minimum absolute atomic E-state index is 0.0391. The molecule has 2 N–H and O–H groups in total. The molecule has 0 saturated heterocycles. The first kappa shape index (κ1) is 75.0. The highest BCUT2D eigenvalue weighted by atomic mass is 31.2. The second-order valence-corrected chi connectivity index (χ2v) is 25.1. The fourth-order valence-electron chi connectivity index (χ4n) is 9.61. The Morgan fingerprint density at radius 3 is 1.22 bits per heavy atom. The molecule has 9 nitrogen and oxygen atoms in total. The van der Waals surface area contributed by atoms with Crippen molar-refractivity contribution < 1.29 is 37.3 Å². The number of rotatable bonds is 60. The van der Waals surface area contributed by atoms with E-state index in [1.165, 1.54) is 205 Å². The number of unbranched alkanes of at least 4 members (excludes halogenated alkanes) is 38. The summed E-state index contributed by atoms with van der Waals surface area (Å²) in [6.45, 7) is 7.00. The van der Waals surface area contributed by atoms with Crippen LogP contribution < -0.4 is 5.32 Å². The summed E-state index contributed by atoms with van der Waals surface area (Å²) < 4.78 is 30.7. The van der Waals surface area contributed by atoms with E-state index in [1.54, 1.807) is 0 Å². The quantitative estimate of drug-likeness (QED) is 0.0205. The van der Waals surface area contributed by atoms with Crippen LogP contribution in [0.25, 0.3) is 0 Å². The Labute approximate surface area is 478 Å². The Kier molecular flexibility index (Phi) is 55.7. The molecule has 3 atom stereocenters. The van der Waals surface area contributed by atoms with Gasteiger partial charge in [0.25, 0.3) is 0 Å². The van der Waals surface area contributed by atoms with Crippen LogP contribution in [-0.2, 0) is 27.9 Å². The van der Waals surface area contributed by atoms with Crippen LogP contribution in [0.5, 0.6) is 0 Å². The number of nitrogens with one attached hydrogen (secondary N) is 1. The summed E-state index contributed by atoms with van der Waals surface area (Å²) >= 11 is 0. The van der Waals surface area contributed by atoms with E-state index in [1.807, 2.05) is 33.3 Å². The molecule has 1 amide bonds. The van der Waals surface area contributed by atoms with Crippen molar-refractivity contribution in [2.45, 2.75) is 328 Å². The van der Waals surface area contributed by atoms with Gasteiger partial charge in [-0.25, -0.2) is 4.57 Å². The standard InChI is InChI=1S/C67H127N2O7P/c1-7-10-13-16-19-22-25-28-30-31-32-33-34-35-36-37-38-39-40-41-44-47-50-53-56-59-66(70)68-64(63-75-77(72,73)74-62-61-69(4,5)6)65(58-55-52-49-46-43-27-24-21-18-15-12-9-3)76-67(71)60-57-54-51-48-45-42-29-26-23-20-17-14-11-8-2/h19,22,28,30,42,45,55,58,64-65H,7-18,20-21,23-27,29,31-41,43-44,46-54,56-57,59-63H2,1-6H3,(H-,68,70,72,73)/p+1/b22-19-,30-28-,45-42-,58-55-. The summed E-state index contributed by atoms with van der Waals surface area (Å²) in [6, 6.07) is -0.852. The molecule has 0 saturated carbocycles. The molecule has 0 aromatic rings. The molecule has 10 heteroatoms. The van der Waals surface area contributed by atoms with Crippen LogP contribution in [0.2, 0.25) is 0 Å². The summed E-state index contributed by atoms with van der Waals surface area (Å²) in [7, 11) is 1.50. The van der Waals surface area contributed by atoms with Crippen LogP contribution in [-0.4, -0.2) is 74.3 Å². The van der Waals surface area contributed by atoms with E-state index in [4.69, 9.17) is 13.8 Å². The summed E-state index contributed by atoms with van der Waals surface area (Å²) in [5.41, 5.74) is 0. The molecule has 0 aliphatic carbocycles. The topological polar surface area (TPSA) is 111 Å². The molecule has 0 spiro atoms. The lowest BCUT2D eigenvalue weighted by atomic mass is 10.0. The van der Waals surface area contributed by atoms with Crippen molar-refractivity contribution in [3.05, 3.63) is 48.6 Å². The van der Waals surface area contributed by atoms with Crippen LogP contribution in [0, 0.1) is 0 Å². The number of allylic oxidation sites excluding steroid dienone is 7. The minimum Gasteiger partial charge on any atom is -0.456 e. The Morgan fingerprint density at radius 2 is 0.792 bits per heavy atom. The molecule has 452 valence electrons. The highest BCUT2D eigenvalue weighted by Gasteiger charge is 2.30. The normalized spacial score (nSPS) is 13.9. The van der Waals surface area contributed by atoms with E-state index in [9.17, 15) is 19.0 Å². The summed E-state index contributed by atoms with van der Waals surface area (Å²) in [4.78, 5) is 37.7. The fourth-order valence-corrected chi connectivity index (χ4v) is 10.3. The van der Waals surface area contributed by atoms with Crippen molar-refractivity contribution in [3.63, 3.8) is 0 Å². The molecule has 0 fully saturated rings. The van der Waals surface area contributed by atoms with Crippen LogP contribution >= 0.6 is 7.82 Å². The van der Waals surface area contributed by atoms with Gasteiger partial charge in [-0.15, -0.1) is 0 Å². The maximum atomic E-state index is 13.6. The molecule has 0 aromatic carbocycles. The van der Waals surface area contributed by atoms with Gasteiger partial charge in [0.1, 0.15) is 19.3 Å². The number of quaternary nitrogens is 1. The van der Waals surface area contributed by atoms with Crippen molar-refractivity contribution in [1.82, 2.24) is 5.32 Å². The molecule has 3 unspecified atom stereocenters. The summed E-state index contributed by atoms with van der Waals surface area (Å²) in [5, 5.41) is 3.06. The number of ether oxygens (including phenoxy) is 1.